The molecular weight excluding hydrogens is 174 g/mol. The smallest absolute Gasteiger partial charge is 0.141 e. The molecule has 1 aliphatic rings. The Kier molecular flexibility index (Phi) is 1.58. The molecule has 2 nitrogen and oxygen atoms in total. The molecular formula is C9H8ClNO. The van der Waals surface area contributed by atoms with Gasteiger partial charge in [0.05, 0.1) is 5.92 Å². The predicted octanol–water partition coefficient (Wildman–Crippen LogP) is 1.98. The summed E-state index contributed by atoms with van der Waals surface area (Å²) in [6.45, 7) is 0. The number of anilines is 1. The molecule has 0 heterocycles. The van der Waals surface area contributed by atoms with Crippen LogP contribution in [0.15, 0.2) is 18.2 Å². The van der Waals surface area contributed by atoms with Crippen LogP contribution in [-0.2, 0) is 4.79 Å². The Bertz CT molecular complexity index is 348. The Balaban J connectivity index is 2.42. The SMILES string of the molecule is Nc1ccc(Cl)c([C@@H]2CC2=O)c1. The lowest BCUT2D eigenvalue weighted by Crippen LogP contribution is -1.89. The molecule has 0 amide bonds. The second-order valence-corrected chi connectivity index (χ2v) is 3.41. The molecule has 0 bridgehead atoms. The molecule has 0 aliphatic heterocycles. The average Bonchev–Trinajstić information content (AvgIpc) is 2.73. The number of carbonyl (C=O) groups excluding carboxylic acids is 1. The third-order valence-electron chi connectivity index (χ3n) is 2.03. The van der Waals surface area contributed by atoms with E-state index in [4.69, 9.17) is 17.3 Å². The van der Waals surface area contributed by atoms with Crippen LogP contribution < -0.4 is 5.73 Å². The topological polar surface area (TPSA) is 43.1 Å². The first-order valence-electron chi connectivity index (χ1n) is 3.76. The number of nitrogen functional groups attached to an aromatic ring is 1. The summed E-state index contributed by atoms with van der Waals surface area (Å²) < 4.78 is 0. The van der Waals surface area contributed by atoms with Gasteiger partial charge in [0, 0.05) is 17.1 Å². The molecule has 1 aromatic carbocycles. The molecule has 2 N–H and O–H groups in total. The molecule has 2 rings (SSSR count). The van der Waals surface area contributed by atoms with Crippen molar-refractivity contribution in [3.05, 3.63) is 28.8 Å². The van der Waals surface area contributed by atoms with E-state index in [2.05, 4.69) is 0 Å². The normalized spacial score (nSPS) is 21.1. The van der Waals surface area contributed by atoms with Crippen molar-refractivity contribution >= 4 is 23.1 Å². The predicted molar refractivity (Wildman–Crippen MR) is 48.2 cm³/mol. The molecule has 1 saturated carbocycles. The number of halogens is 1. The lowest BCUT2D eigenvalue weighted by Gasteiger charge is -2.01. The van der Waals surface area contributed by atoms with Gasteiger partial charge in [0.1, 0.15) is 5.78 Å². The van der Waals surface area contributed by atoms with Gasteiger partial charge < -0.3 is 5.73 Å². The van der Waals surface area contributed by atoms with E-state index in [0.29, 0.717) is 17.1 Å². The van der Waals surface area contributed by atoms with Crippen molar-refractivity contribution in [1.29, 1.82) is 0 Å². The summed E-state index contributed by atoms with van der Waals surface area (Å²) >= 11 is 5.89. The fourth-order valence-corrected chi connectivity index (χ4v) is 1.50. The highest BCUT2D eigenvalue weighted by Gasteiger charge is 2.37. The number of hydrogen-bond acceptors (Lipinski definition) is 2. The van der Waals surface area contributed by atoms with Gasteiger partial charge in [-0.3, -0.25) is 4.79 Å². The van der Waals surface area contributed by atoms with Crippen LogP contribution in [0.5, 0.6) is 0 Å². The summed E-state index contributed by atoms with van der Waals surface area (Å²) in [7, 11) is 0. The number of carbonyl (C=O) groups is 1. The molecule has 12 heavy (non-hydrogen) atoms. The maximum atomic E-state index is 10.9. The first-order chi connectivity index (χ1) is 5.68. The van der Waals surface area contributed by atoms with E-state index >= 15 is 0 Å². The zero-order valence-corrected chi connectivity index (χ0v) is 7.14. The summed E-state index contributed by atoms with van der Waals surface area (Å²) in [4.78, 5) is 10.9. The minimum Gasteiger partial charge on any atom is -0.399 e. The Morgan fingerprint density at radius 2 is 2.17 bits per heavy atom. The number of benzene rings is 1. The van der Waals surface area contributed by atoms with Gasteiger partial charge in [0.2, 0.25) is 0 Å². The second kappa shape index (κ2) is 2.49. The van der Waals surface area contributed by atoms with Gasteiger partial charge in [-0.05, 0) is 23.8 Å². The van der Waals surface area contributed by atoms with Crippen molar-refractivity contribution in [2.75, 3.05) is 5.73 Å². The Hall–Kier alpha value is -1.02. The third-order valence-corrected chi connectivity index (χ3v) is 2.37. The Morgan fingerprint density at radius 1 is 1.50 bits per heavy atom. The van der Waals surface area contributed by atoms with Crippen molar-refractivity contribution in [3.8, 4) is 0 Å². The molecule has 62 valence electrons. The van der Waals surface area contributed by atoms with E-state index < -0.39 is 0 Å². The lowest BCUT2D eigenvalue weighted by atomic mass is 10.1. The van der Waals surface area contributed by atoms with Gasteiger partial charge in [0.25, 0.3) is 0 Å². The molecule has 1 aromatic rings. The molecule has 0 spiro atoms. The summed E-state index contributed by atoms with van der Waals surface area (Å²) in [6, 6.07) is 5.24. The minimum atomic E-state index is 0.0148. The van der Waals surface area contributed by atoms with Gasteiger partial charge in [0.15, 0.2) is 0 Å². The molecule has 1 atom stereocenters. The third kappa shape index (κ3) is 1.18. The average molecular weight is 182 g/mol. The zero-order valence-electron chi connectivity index (χ0n) is 6.38. The number of nitrogens with two attached hydrogens (primary N) is 1. The maximum Gasteiger partial charge on any atom is 0.141 e. The van der Waals surface area contributed by atoms with Crippen LogP contribution in [0.4, 0.5) is 5.69 Å². The van der Waals surface area contributed by atoms with E-state index in [9.17, 15) is 4.79 Å². The largest absolute Gasteiger partial charge is 0.399 e. The van der Waals surface area contributed by atoms with Crippen molar-refractivity contribution in [2.45, 2.75) is 12.3 Å². The van der Waals surface area contributed by atoms with E-state index in [0.717, 1.165) is 5.56 Å². The highest BCUT2D eigenvalue weighted by molar-refractivity contribution is 6.32. The van der Waals surface area contributed by atoms with Crippen molar-refractivity contribution in [3.63, 3.8) is 0 Å². The van der Waals surface area contributed by atoms with E-state index in [-0.39, 0.29) is 11.7 Å². The standard InChI is InChI=1S/C9H8ClNO/c10-8-2-1-5(11)3-6(8)7-4-9(7)12/h1-3,7H,4,11H2/t7-/m0/s1. The van der Waals surface area contributed by atoms with Crippen LogP contribution in [-0.4, -0.2) is 5.78 Å². The molecule has 0 saturated heterocycles. The first-order valence-corrected chi connectivity index (χ1v) is 4.14. The lowest BCUT2D eigenvalue weighted by molar-refractivity contribution is -0.110. The summed E-state index contributed by atoms with van der Waals surface area (Å²) in [5.41, 5.74) is 7.11. The fourth-order valence-electron chi connectivity index (χ4n) is 1.25. The number of hydrogen-bond donors (Lipinski definition) is 1. The molecule has 0 unspecified atom stereocenters. The van der Waals surface area contributed by atoms with Gasteiger partial charge in [-0.15, -0.1) is 0 Å². The van der Waals surface area contributed by atoms with Crippen molar-refractivity contribution in [1.82, 2.24) is 0 Å². The zero-order chi connectivity index (χ0) is 8.72. The number of Topliss-reactive ketones (excluding diaryl/α,β-unsaturated/α-hetero) is 1. The summed E-state index contributed by atoms with van der Waals surface area (Å²) in [5, 5.41) is 0.639. The second-order valence-electron chi connectivity index (χ2n) is 3.00. The monoisotopic (exact) mass is 181 g/mol. The maximum absolute atomic E-state index is 10.9. The quantitative estimate of drug-likeness (QED) is 0.674. The molecule has 0 radical (unpaired) electrons. The van der Waals surface area contributed by atoms with Crippen LogP contribution in [0.3, 0.4) is 0 Å². The first kappa shape index (κ1) is 7.62. The number of ketones is 1. The molecule has 3 heteroatoms. The van der Waals surface area contributed by atoms with Gasteiger partial charge in [-0.1, -0.05) is 11.6 Å². The Morgan fingerprint density at radius 3 is 2.75 bits per heavy atom. The minimum absolute atomic E-state index is 0.0148. The van der Waals surface area contributed by atoms with Crippen LogP contribution >= 0.6 is 11.6 Å². The van der Waals surface area contributed by atoms with E-state index in [1.54, 1.807) is 18.2 Å². The fraction of sp³-hybridized carbons (Fsp3) is 0.222. The van der Waals surface area contributed by atoms with Gasteiger partial charge in [-0.25, -0.2) is 0 Å². The van der Waals surface area contributed by atoms with Crippen molar-refractivity contribution in [2.24, 2.45) is 0 Å². The van der Waals surface area contributed by atoms with Gasteiger partial charge >= 0.3 is 0 Å². The van der Waals surface area contributed by atoms with Crippen LogP contribution in [0.1, 0.15) is 17.9 Å². The molecule has 1 aliphatic carbocycles. The van der Waals surface area contributed by atoms with Crippen LogP contribution in [0.2, 0.25) is 5.02 Å². The highest BCUT2D eigenvalue weighted by Crippen LogP contribution is 2.40. The molecule has 1 fully saturated rings. The van der Waals surface area contributed by atoms with Gasteiger partial charge in [-0.2, -0.15) is 0 Å². The van der Waals surface area contributed by atoms with E-state index in [1.807, 2.05) is 0 Å². The number of rotatable bonds is 1. The van der Waals surface area contributed by atoms with Crippen molar-refractivity contribution < 1.29 is 4.79 Å². The summed E-state index contributed by atoms with van der Waals surface area (Å²) in [5.74, 6) is 0.267. The van der Waals surface area contributed by atoms with Crippen LogP contribution in [0, 0.1) is 0 Å². The van der Waals surface area contributed by atoms with Crippen LogP contribution in [0.25, 0.3) is 0 Å². The Labute approximate surface area is 75.3 Å². The highest BCUT2D eigenvalue weighted by atomic mass is 35.5. The summed E-state index contributed by atoms with van der Waals surface area (Å²) in [6.07, 6.45) is 0.614. The van der Waals surface area contributed by atoms with E-state index in [1.165, 1.54) is 0 Å². The molecule has 0 aromatic heterocycles.